The van der Waals surface area contributed by atoms with Crippen LogP contribution in [0, 0.1) is 0 Å². The van der Waals surface area contributed by atoms with E-state index in [1.54, 1.807) is 14.2 Å². The summed E-state index contributed by atoms with van der Waals surface area (Å²) in [7, 11) is 3.22. The first-order chi connectivity index (χ1) is 13.3. The Morgan fingerprint density at radius 1 is 0.828 bits per heavy atom. The van der Waals surface area contributed by atoms with E-state index in [9.17, 15) is 4.79 Å². The predicted molar refractivity (Wildman–Crippen MR) is 122 cm³/mol. The van der Waals surface area contributed by atoms with Crippen LogP contribution in [0.5, 0.6) is 11.5 Å². The number of amides is 1. The van der Waals surface area contributed by atoms with E-state index in [2.05, 4.69) is 52.9 Å². The molecule has 2 aromatic rings. The van der Waals surface area contributed by atoms with Gasteiger partial charge >= 0.3 is 0 Å². The van der Waals surface area contributed by atoms with Gasteiger partial charge in [-0.2, -0.15) is 0 Å². The first kappa shape index (κ1) is 24.3. The number of benzene rings is 2. The van der Waals surface area contributed by atoms with E-state index in [0.717, 1.165) is 17.0 Å². The van der Waals surface area contributed by atoms with Gasteiger partial charge < -0.3 is 20.5 Å². The van der Waals surface area contributed by atoms with Crippen molar-refractivity contribution < 1.29 is 14.3 Å². The van der Waals surface area contributed by atoms with Crippen LogP contribution in [-0.4, -0.2) is 20.1 Å². The molecule has 0 aromatic heterocycles. The lowest BCUT2D eigenvalue weighted by molar-refractivity contribution is -0.114. The SMILES string of the molecule is COc1ccc(C(C)(C)C)cc1N.COc1ccc(C(C)(C)C)cc1NC(C)=O. The maximum atomic E-state index is 11.1. The molecule has 2 aromatic carbocycles. The zero-order valence-corrected chi connectivity index (χ0v) is 19.3. The van der Waals surface area contributed by atoms with Crippen molar-refractivity contribution >= 4 is 17.3 Å². The molecule has 0 bridgehead atoms. The molecule has 2 rings (SSSR count). The maximum absolute atomic E-state index is 11.1. The highest BCUT2D eigenvalue weighted by molar-refractivity contribution is 5.90. The molecule has 0 radical (unpaired) electrons. The normalized spacial score (nSPS) is 11.2. The van der Waals surface area contributed by atoms with Crippen molar-refractivity contribution in [3.8, 4) is 11.5 Å². The Hall–Kier alpha value is -2.69. The minimum Gasteiger partial charge on any atom is -0.495 e. The van der Waals surface area contributed by atoms with E-state index < -0.39 is 0 Å². The largest absolute Gasteiger partial charge is 0.495 e. The summed E-state index contributed by atoms with van der Waals surface area (Å²) in [4.78, 5) is 11.1. The van der Waals surface area contributed by atoms with Crippen molar-refractivity contribution in [2.45, 2.75) is 59.3 Å². The molecule has 0 aliphatic carbocycles. The summed E-state index contributed by atoms with van der Waals surface area (Å²) in [6.07, 6.45) is 0. The molecule has 0 aliphatic rings. The van der Waals surface area contributed by atoms with E-state index in [4.69, 9.17) is 15.2 Å². The molecule has 0 unspecified atom stereocenters. The van der Waals surface area contributed by atoms with Crippen LogP contribution in [-0.2, 0) is 15.6 Å². The summed E-state index contributed by atoms with van der Waals surface area (Å²) in [5.74, 6) is 1.33. The smallest absolute Gasteiger partial charge is 0.221 e. The van der Waals surface area contributed by atoms with Crippen LogP contribution in [0.25, 0.3) is 0 Å². The number of anilines is 2. The molecule has 0 spiro atoms. The van der Waals surface area contributed by atoms with Crippen LogP contribution in [0.3, 0.4) is 0 Å². The number of rotatable bonds is 3. The third-order valence-electron chi connectivity index (χ3n) is 4.47. The van der Waals surface area contributed by atoms with Crippen LogP contribution in [0.2, 0.25) is 0 Å². The maximum Gasteiger partial charge on any atom is 0.221 e. The number of nitrogens with one attached hydrogen (secondary N) is 1. The van der Waals surface area contributed by atoms with Gasteiger partial charge in [0, 0.05) is 6.92 Å². The number of nitrogen functional groups attached to an aromatic ring is 1. The zero-order valence-electron chi connectivity index (χ0n) is 19.3. The van der Waals surface area contributed by atoms with Crippen molar-refractivity contribution in [3.05, 3.63) is 47.5 Å². The zero-order chi connectivity index (χ0) is 22.4. The van der Waals surface area contributed by atoms with Gasteiger partial charge in [-0.1, -0.05) is 53.7 Å². The Labute approximate surface area is 175 Å². The van der Waals surface area contributed by atoms with Gasteiger partial charge in [0.25, 0.3) is 0 Å². The Morgan fingerprint density at radius 3 is 1.66 bits per heavy atom. The lowest BCUT2D eigenvalue weighted by Gasteiger charge is -2.21. The fraction of sp³-hybridized carbons (Fsp3) is 0.458. The molecule has 0 saturated heterocycles. The van der Waals surface area contributed by atoms with E-state index in [-0.39, 0.29) is 16.7 Å². The van der Waals surface area contributed by atoms with E-state index in [0.29, 0.717) is 11.4 Å². The first-order valence-electron chi connectivity index (χ1n) is 9.69. The molecule has 1 amide bonds. The number of carbonyl (C=O) groups excluding carboxylic acids is 1. The Balaban J connectivity index is 0.000000296. The molecule has 5 nitrogen and oxygen atoms in total. The average molecular weight is 401 g/mol. The second-order valence-electron chi connectivity index (χ2n) is 9.05. The van der Waals surface area contributed by atoms with E-state index in [1.807, 2.05) is 30.3 Å². The summed E-state index contributed by atoms with van der Waals surface area (Å²) in [6, 6.07) is 11.8. The number of nitrogens with two attached hydrogens (primary N) is 1. The summed E-state index contributed by atoms with van der Waals surface area (Å²) < 4.78 is 10.3. The van der Waals surface area contributed by atoms with Crippen molar-refractivity contribution in [2.75, 3.05) is 25.3 Å². The van der Waals surface area contributed by atoms with Crippen LogP contribution >= 0.6 is 0 Å². The minimum atomic E-state index is -0.0932. The van der Waals surface area contributed by atoms with Gasteiger partial charge in [0.2, 0.25) is 5.91 Å². The predicted octanol–water partition coefficient (Wildman–Crippen LogP) is 5.53. The van der Waals surface area contributed by atoms with Gasteiger partial charge in [-0.3, -0.25) is 4.79 Å². The number of methoxy groups -OCH3 is 2. The number of carbonyl (C=O) groups is 1. The molecular weight excluding hydrogens is 364 g/mol. The van der Waals surface area contributed by atoms with Crippen molar-refractivity contribution in [3.63, 3.8) is 0 Å². The first-order valence-corrected chi connectivity index (χ1v) is 9.69. The van der Waals surface area contributed by atoms with Crippen molar-refractivity contribution in [1.29, 1.82) is 0 Å². The van der Waals surface area contributed by atoms with Crippen molar-refractivity contribution in [1.82, 2.24) is 0 Å². The fourth-order valence-electron chi connectivity index (χ4n) is 2.66. The minimum absolute atomic E-state index is 0.0551. The van der Waals surface area contributed by atoms with Crippen LogP contribution in [0.4, 0.5) is 11.4 Å². The van der Waals surface area contributed by atoms with E-state index in [1.165, 1.54) is 12.5 Å². The molecule has 160 valence electrons. The van der Waals surface area contributed by atoms with Gasteiger partial charge in [0.1, 0.15) is 11.5 Å². The molecule has 5 heteroatoms. The number of ether oxygens (including phenoxy) is 2. The lowest BCUT2D eigenvalue weighted by Crippen LogP contribution is -2.13. The van der Waals surface area contributed by atoms with Gasteiger partial charge in [-0.05, 0) is 46.2 Å². The average Bonchev–Trinajstić information content (AvgIpc) is 2.60. The molecule has 0 atom stereocenters. The molecule has 29 heavy (non-hydrogen) atoms. The molecule has 0 fully saturated rings. The second kappa shape index (κ2) is 9.68. The van der Waals surface area contributed by atoms with Gasteiger partial charge in [-0.25, -0.2) is 0 Å². The fourth-order valence-corrected chi connectivity index (χ4v) is 2.66. The summed E-state index contributed by atoms with van der Waals surface area (Å²) in [5, 5.41) is 2.77. The quantitative estimate of drug-likeness (QED) is 0.665. The summed E-state index contributed by atoms with van der Waals surface area (Å²) >= 11 is 0. The number of hydrogen-bond acceptors (Lipinski definition) is 4. The van der Waals surface area contributed by atoms with Gasteiger partial charge in [0.15, 0.2) is 0 Å². The van der Waals surface area contributed by atoms with Gasteiger partial charge in [0.05, 0.1) is 25.6 Å². The summed E-state index contributed by atoms with van der Waals surface area (Å²) in [6.45, 7) is 14.4. The summed E-state index contributed by atoms with van der Waals surface area (Å²) in [5.41, 5.74) is 9.82. The monoisotopic (exact) mass is 400 g/mol. The Morgan fingerprint density at radius 2 is 1.28 bits per heavy atom. The highest BCUT2D eigenvalue weighted by Crippen LogP contribution is 2.31. The van der Waals surface area contributed by atoms with Crippen LogP contribution in [0.15, 0.2) is 36.4 Å². The highest BCUT2D eigenvalue weighted by Gasteiger charge is 2.16. The molecule has 0 saturated carbocycles. The van der Waals surface area contributed by atoms with Crippen LogP contribution < -0.4 is 20.5 Å². The van der Waals surface area contributed by atoms with Crippen molar-refractivity contribution in [2.24, 2.45) is 0 Å². The standard InChI is InChI=1S/C13H19NO2.C11H17NO/c1-9(15)14-11-8-10(13(2,3)4)6-7-12(11)16-5;1-11(2,3)8-5-6-10(13-4)9(12)7-8/h6-8H,1-5H3,(H,14,15);5-7H,12H2,1-4H3. The highest BCUT2D eigenvalue weighted by atomic mass is 16.5. The third kappa shape index (κ3) is 7.33. The Bertz CT molecular complexity index is 831. The number of hydrogen-bond donors (Lipinski definition) is 2. The van der Waals surface area contributed by atoms with Gasteiger partial charge in [-0.15, -0.1) is 0 Å². The van der Waals surface area contributed by atoms with Crippen LogP contribution in [0.1, 0.15) is 59.6 Å². The molecule has 0 aliphatic heterocycles. The Kier molecular flexibility index (Phi) is 8.13. The topological polar surface area (TPSA) is 73.6 Å². The molecular formula is C24H36N2O3. The second-order valence-corrected chi connectivity index (χ2v) is 9.05. The molecule has 3 N–H and O–H groups in total. The van der Waals surface area contributed by atoms with E-state index >= 15 is 0 Å². The molecule has 0 heterocycles. The third-order valence-corrected chi connectivity index (χ3v) is 4.47. The lowest BCUT2D eigenvalue weighted by atomic mass is 9.87.